The molecule has 100 valence electrons. The van der Waals surface area contributed by atoms with Crippen LogP contribution in [0.2, 0.25) is 0 Å². The van der Waals surface area contributed by atoms with Gasteiger partial charge in [-0.3, -0.25) is 4.79 Å². The highest BCUT2D eigenvalue weighted by molar-refractivity contribution is 5.86. The molecule has 1 amide bonds. The zero-order valence-corrected chi connectivity index (χ0v) is 10.7. The van der Waals surface area contributed by atoms with Crippen LogP contribution in [0.25, 0.3) is 6.08 Å². The molecule has 0 aliphatic carbocycles. The van der Waals surface area contributed by atoms with Crippen LogP contribution in [0.5, 0.6) is 0 Å². The first kappa shape index (κ1) is 13.1. The van der Waals surface area contributed by atoms with E-state index < -0.39 is 5.97 Å². The van der Waals surface area contributed by atoms with Crippen molar-refractivity contribution in [3.05, 3.63) is 35.4 Å². The van der Waals surface area contributed by atoms with Crippen LogP contribution in [0, 0.1) is 6.92 Å². The van der Waals surface area contributed by atoms with Gasteiger partial charge in [0.25, 0.3) is 0 Å². The molecule has 0 unspecified atom stereocenters. The summed E-state index contributed by atoms with van der Waals surface area (Å²) in [4.78, 5) is 23.9. The second kappa shape index (κ2) is 5.56. The Bertz CT molecular complexity index is 537. The fourth-order valence-electron chi connectivity index (χ4n) is 2.06. The first-order valence-corrected chi connectivity index (χ1v) is 6.09. The molecule has 1 aliphatic rings. The lowest BCUT2D eigenvalue weighted by Gasteiger charge is -2.29. The number of carbonyl (C=O) groups excluding carboxylic acids is 1. The standard InChI is InChI=1S/C14H16N2O3/c1-10-8-12(16-7-6-15-13(17)9-16)4-2-11(10)3-5-14(18)19/h2-5,8H,6-7,9H2,1H3,(H,15,17)(H,18,19). The number of aryl methyl sites for hydroxylation is 1. The highest BCUT2D eigenvalue weighted by atomic mass is 16.4. The molecule has 1 fully saturated rings. The zero-order valence-electron chi connectivity index (χ0n) is 10.7. The Morgan fingerprint density at radius 1 is 1.47 bits per heavy atom. The normalized spacial score (nSPS) is 15.6. The third kappa shape index (κ3) is 3.34. The van der Waals surface area contributed by atoms with E-state index in [0.29, 0.717) is 13.1 Å². The fraction of sp³-hybridized carbons (Fsp3) is 0.286. The van der Waals surface area contributed by atoms with E-state index in [0.717, 1.165) is 29.4 Å². The number of nitrogens with one attached hydrogen (secondary N) is 1. The quantitative estimate of drug-likeness (QED) is 0.796. The van der Waals surface area contributed by atoms with Crippen molar-refractivity contribution in [1.82, 2.24) is 5.32 Å². The van der Waals surface area contributed by atoms with Crippen LogP contribution < -0.4 is 10.2 Å². The van der Waals surface area contributed by atoms with Gasteiger partial charge < -0.3 is 15.3 Å². The van der Waals surface area contributed by atoms with Crippen molar-refractivity contribution < 1.29 is 14.7 Å². The highest BCUT2D eigenvalue weighted by Crippen LogP contribution is 2.20. The number of hydrogen-bond acceptors (Lipinski definition) is 3. The minimum absolute atomic E-state index is 0.0266. The van der Waals surface area contributed by atoms with E-state index in [9.17, 15) is 9.59 Å². The SMILES string of the molecule is Cc1cc(N2CCNC(=O)C2)ccc1C=CC(=O)O. The van der Waals surface area contributed by atoms with Crippen molar-refractivity contribution in [2.45, 2.75) is 6.92 Å². The third-order valence-electron chi connectivity index (χ3n) is 3.06. The van der Waals surface area contributed by atoms with Gasteiger partial charge in [-0.25, -0.2) is 4.79 Å². The first-order chi connectivity index (χ1) is 9.06. The summed E-state index contributed by atoms with van der Waals surface area (Å²) in [7, 11) is 0. The number of rotatable bonds is 3. The summed E-state index contributed by atoms with van der Waals surface area (Å²) in [6.07, 6.45) is 2.70. The summed E-state index contributed by atoms with van der Waals surface area (Å²) in [6, 6.07) is 5.75. The molecular weight excluding hydrogens is 244 g/mol. The molecule has 1 heterocycles. The molecule has 0 spiro atoms. The number of carboxylic acid groups (broad SMARTS) is 1. The van der Waals surface area contributed by atoms with E-state index in [4.69, 9.17) is 5.11 Å². The van der Waals surface area contributed by atoms with Gasteiger partial charge >= 0.3 is 5.97 Å². The Balaban J connectivity index is 2.18. The Morgan fingerprint density at radius 2 is 2.26 bits per heavy atom. The molecule has 1 aromatic carbocycles. The van der Waals surface area contributed by atoms with E-state index in [2.05, 4.69) is 5.32 Å². The smallest absolute Gasteiger partial charge is 0.328 e. The van der Waals surface area contributed by atoms with Gasteiger partial charge in [0.2, 0.25) is 5.91 Å². The average molecular weight is 260 g/mol. The molecule has 0 bridgehead atoms. The third-order valence-corrected chi connectivity index (χ3v) is 3.06. The largest absolute Gasteiger partial charge is 0.478 e. The summed E-state index contributed by atoms with van der Waals surface area (Å²) in [5, 5.41) is 11.4. The van der Waals surface area contributed by atoms with Gasteiger partial charge in [0, 0.05) is 24.9 Å². The Morgan fingerprint density at radius 3 is 2.89 bits per heavy atom. The number of carbonyl (C=O) groups is 2. The highest BCUT2D eigenvalue weighted by Gasteiger charge is 2.16. The Labute approximate surface area is 111 Å². The number of aliphatic carboxylic acids is 1. The summed E-state index contributed by atoms with van der Waals surface area (Å²) < 4.78 is 0. The van der Waals surface area contributed by atoms with Crippen LogP contribution in [0.15, 0.2) is 24.3 Å². The topological polar surface area (TPSA) is 69.6 Å². The average Bonchev–Trinajstić information content (AvgIpc) is 2.37. The predicted molar refractivity (Wildman–Crippen MR) is 73.1 cm³/mol. The summed E-state index contributed by atoms with van der Waals surface area (Å²) in [6.45, 7) is 3.73. The van der Waals surface area contributed by atoms with E-state index in [1.807, 2.05) is 30.0 Å². The first-order valence-electron chi connectivity index (χ1n) is 6.09. The van der Waals surface area contributed by atoms with Crippen LogP contribution in [0.1, 0.15) is 11.1 Å². The van der Waals surface area contributed by atoms with Crippen molar-refractivity contribution in [1.29, 1.82) is 0 Å². The molecule has 2 N–H and O–H groups in total. The summed E-state index contributed by atoms with van der Waals surface area (Å²) in [5.41, 5.74) is 2.84. The van der Waals surface area contributed by atoms with Crippen molar-refractivity contribution >= 4 is 23.6 Å². The maximum Gasteiger partial charge on any atom is 0.328 e. The van der Waals surface area contributed by atoms with Crippen molar-refractivity contribution in [2.24, 2.45) is 0 Å². The summed E-state index contributed by atoms with van der Waals surface area (Å²) in [5.74, 6) is -0.935. The van der Waals surface area contributed by atoms with Gasteiger partial charge in [-0.05, 0) is 36.3 Å². The van der Waals surface area contributed by atoms with Crippen molar-refractivity contribution in [3.63, 3.8) is 0 Å². The monoisotopic (exact) mass is 260 g/mol. The van der Waals surface area contributed by atoms with Crippen LogP contribution in [0.4, 0.5) is 5.69 Å². The molecule has 0 saturated carbocycles. The predicted octanol–water partition coefficient (Wildman–Crippen LogP) is 1.03. The zero-order chi connectivity index (χ0) is 13.8. The number of hydrogen-bond donors (Lipinski definition) is 2. The molecule has 0 atom stereocenters. The molecule has 1 saturated heterocycles. The van der Waals surface area contributed by atoms with Gasteiger partial charge in [-0.2, -0.15) is 0 Å². The lowest BCUT2D eigenvalue weighted by molar-refractivity contribution is -0.131. The Hall–Kier alpha value is -2.30. The Kier molecular flexibility index (Phi) is 3.85. The maximum absolute atomic E-state index is 11.3. The molecule has 2 rings (SSSR count). The van der Waals surface area contributed by atoms with Crippen LogP contribution in [-0.2, 0) is 9.59 Å². The van der Waals surface area contributed by atoms with E-state index in [1.165, 1.54) is 0 Å². The lowest BCUT2D eigenvalue weighted by atomic mass is 10.1. The second-order valence-corrected chi connectivity index (χ2v) is 4.48. The summed E-state index contributed by atoms with van der Waals surface area (Å²) >= 11 is 0. The molecule has 1 aliphatic heterocycles. The van der Waals surface area contributed by atoms with Gasteiger partial charge in [0.1, 0.15) is 0 Å². The van der Waals surface area contributed by atoms with Gasteiger partial charge in [-0.15, -0.1) is 0 Å². The number of nitrogens with zero attached hydrogens (tertiary/aromatic N) is 1. The second-order valence-electron chi connectivity index (χ2n) is 4.48. The van der Waals surface area contributed by atoms with Crippen LogP contribution in [-0.4, -0.2) is 36.6 Å². The molecule has 19 heavy (non-hydrogen) atoms. The van der Waals surface area contributed by atoms with E-state index in [1.54, 1.807) is 6.08 Å². The molecule has 1 aromatic rings. The molecular formula is C14H16N2O3. The lowest BCUT2D eigenvalue weighted by Crippen LogP contribution is -2.47. The number of carboxylic acids is 1. The minimum atomic E-state index is -0.962. The van der Waals surface area contributed by atoms with Crippen LogP contribution >= 0.6 is 0 Å². The number of anilines is 1. The number of piperazine rings is 1. The molecule has 5 heteroatoms. The number of amides is 1. The van der Waals surface area contributed by atoms with Gasteiger partial charge in [0.15, 0.2) is 0 Å². The molecule has 0 radical (unpaired) electrons. The molecule has 0 aromatic heterocycles. The minimum Gasteiger partial charge on any atom is -0.478 e. The number of benzene rings is 1. The van der Waals surface area contributed by atoms with Gasteiger partial charge in [0.05, 0.1) is 6.54 Å². The fourth-order valence-corrected chi connectivity index (χ4v) is 2.06. The maximum atomic E-state index is 11.3. The van der Waals surface area contributed by atoms with E-state index >= 15 is 0 Å². The van der Waals surface area contributed by atoms with Crippen molar-refractivity contribution in [3.8, 4) is 0 Å². The molecule has 5 nitrogen and oxygen atoms in total. The van der Waals surface area contributed by atoms with Crippen molar-refractivity contribution in [2.75, 3.05) is 24.5 Å². The van der Waals surface area contributed by atoms with Crippen LogP contribution in [0.3, 0.4) is 0 Å². The van der Waals surface area contributed by atoms with Gasteiger partial charge in [-0.1, -0.05) is 6.07 Å². The van der Waals surface area contributed by atoms with E-state index in [-0.39, 0.29) is 5.91 Å².